The lowest BCUT2D eigenvalue weighted by Gasteiger charge is -2.17. The van der Waals surface area contributed by atoms with Crippen LogP contribution in [0.3, 0.4) is 0 Å². The lowest BCUT2D eigenvalue weighted by molar-refractivity contribution is 0.268. The number of hydrogen-bond donors (Lipinski definition) is 0. The van der Waals surface area contributed by atoms with Crippen LogP contribution in [0.15, 0.2) is 28.7 Å². The molecular weight excluding hydrogens is 374 g/mol. The molecule has 120 valence electrons. The monoisotopic (exact) mass is 391 g/mol. The molecule has 3 aromatic rings. The fraction of sp³-hybridized carbons (Fsp3) is 0.438. The number of hydrogen-bond acceptors (Lipinski definition) is 5. The Bertz CT molecular complexity index is 804. The number of benzene rings is 1. The van der Waals surface area contributed by atoms with Gasteiger partial charge in [-0.15, -0.1) is 10.2 Å². The van der Waals surface area contributed by atoms with Crippen molar-refractivity contribution in [2.45, 2.75) is 32.2 Å². The predicted octanol–water partition coefficient (Wildman–Crippen LogP) is 3.99. The molecule has 4 rings (SSSR count). The second kappa shape index (κ2) is 6.67. The first kappa shape index (κ1) is 15.2. The van der Waals surface area contributed by atoms with Gasteiger partial charge in [0.15, 0.2) is 5.82 Å². The molecule has 1 fully saturated rings. The van der Waals surface area contributed by atoms with Crippen LogP contribution in [-0.2, 0) is 6.54 Å². The molecule has 0 bridgehead atoms. The van der Waals surface area contributed by atoms with Crippen LogP contribution in [0.1, 0.15) is 31.5 Å². The smallest absolute Gasteiger partial charge is 0.235 e. The third-order valence-corrected chi connectivity index (χ3v) is 5.63. The zero-order chi connectivity index (χ0) is 15.6. The van der Waals surface area contributed by atoms with Crippen LogP contribution in [0.2, 0.25) is 0 Å². The van der Waals surface area contributed by atoms with Crippen molar-refractivity contribution in [1.82, 2.24) is 24.7 Å². The van der Waals surface area contributed by atoms with Crippen LogP contribution in [-0.4, -0.2) is 37.8 Å². The van der Waals surface area contributed by atoms with E-state index in [2.05, 4.69) is 43.2 Å². The molecule has 1 aromatic carbocycles. The molecule has 0 unspecified atom stereocenters. The van der Waals surface area contributed by atoms with Crippen molar-refractivity contribution in [3.05, 3.63) is 34.6 Å². The Labute approximate surface area is 147 Å². The molecule has 1 aliphatic rings. The minimum atomic E-state index is 0.836. The van der Waals surface area contributed by atoms with E-state index in [9.17, 15) is 0 Å². The first-order valence-electron chi connectivity index (χ1n) is 7.99. The average Bonchev–Trinajstić information content (AvgIpc) is 3.02. The van der Waals surface area contributed by atoms with Gasteiger partial charge in [-0.05, 0) is 38.1 Å². The molecule has 1 saturated heterocycles. The largest absolute Gasteiger partial charge is 0.296 e. The zero-order valence-electron chi connectivity index (χ0n) is 12.8. The highest BCUT2D eigenvalue weighted by molar-refractivity contribution is 9.10. The summed E-state index contributed by atoms with van der Waals surface area (Å²) in [7, 11) is 0. The summed E-state index contributed by atoms with van der Waals surface area (Å²) in [5, 5.41) is 14.4. The van der Waals surface area contributed by atoms with Crippen molar-refractivity contribution in [3.63, 3.8) is 0 Å². The van der Waals surface area contributed by atoms with Crippen LogP contribution in [0, 0.1) is 0 Å². The van der Waals surface area contributed by atoms with Gasteiger partial charge in [0, 0.05) is 10.0 Å². The lowest BCUT2D eigenvalue weighted by Crippen LogP contribution is -2.25. The topological polar surface area (TPSA) is 46.3 Å². The van der Waals surface area contributed by atoms with Crippen molar-refractivity contribution in [2.24, 2.45) is 0 Å². The van der Waals surface area contributed by atoms with Crippen molar-refractivity contribution in [3.8, 4) is 10.6 Å². The molecule has 5 nitrogen and oxygen atoms in total. The fourth-order valence-electron chi connectivity index (χ4n) is 2.99. The van der Waals surface area contributed by atoms with E-state index in [0.29, 0.717) is 0 Å². The van der Waals surface area contributed by atoms with E-state index in [1.165, 1.54) is 25.7 Å². The maximum absolute atomic E-state index is 4.74. The average molecular weight is 392 g/mol. The molecule has 23 heavy (non-hydrogen) atoms. The van der Waals surface area contributed by atoms with E-state index in [1.807, 2.05) is 16.6 Å². The van der Waals surface area contributed by atoms with E-state index in [1.54, 1.807) is 11.3 Å². The highest BCUT2D eigenvalue weighted by Gasteiger charge is 2.16. The summed E-state index contributed by atoms with van der Waals surface area (Å²) < 4.78 is 2.97. The first-order chi connectivity index (χ1) is 11.3. The van der Waals surface area contributed by atoms with E-state index >= 15 is 0 Å². The Hall–Kier alpha value is -1.31. The predicted molar refractivity (Wildman–Crippen MR) is 95.5 cm³/mol. The van der Waals surface area contributed by atoms with Crippen LogP contribution in [0.4, 0.5) is 0 Å². The summed E-state index contributed by atoms with van der Waals surface area (Å²) in [6, 6.07) is 8.21. The van der Waals surface area contributed by atoms with Gasteiger partial charge in [0.05, 0.1) is 6.54 Å². The lowest BCUT2D eigenvalue weighted by atomic mass is 10.2. The molecule has 0 saturated carbocycles. The normalized spacial score (nSPS) is 16.7. The van der Waals surface area contributed by atoms with Crippen molar-refractivity contribution in [1.29, 1.82) is 0 Å². The van der Waals surface area contributed by atoms with Gasteiger partial charge in [-0.1, -0.05) is 52.2 Å². The quantitative estimate of drug-likeness (QED) is 0.676. The Morgan fingerprint density at radius 2 is 1.91 bits per heavy atom. The molecule has 0 amide bonds. The summed E-state index contributed by atoms with van der Waals surface area (Å²) in [5.74, 6) is 0.944. The summed E-state index contributed by atoms with van der Waals surface area (Å²) in [6.45, 7) is 3.14. The summed E-state index contributed by atoms with van der Waals surface area (Å²) >= 11 is 5.10. The molecule has 3 heterocycles. The standard InChI is InChI=1S/C16H18BrN5S/c17-13-7-5-6-12(10-13)15-20-22-14(18-19-16(22)23-15)11-21-8-3-1-2-4-9-21/h5-7,10H,1-4,8-9,11H2. The van der Waals surface area contributed by atoms with Gasteiger partial charge >= 0.3 is 0 Å². The molecule has 7 heteroatoms. The van der Waals surface area contributed by atoms with E-state index < -0.39 is 0 Å². The maximum Gasteiger partial charge on any atom is 0.235 e. The van der Waals surface area contributed by atoms with Gasteiger partial charge in [0.2, 0.25) is 4.96 Å². The number of nitrogens with zero attached hydrogens (tertiary/aromatic N) is 5. The Morgan fingerprint density at radius 3 is 2.70 bits per heavy atom. The molecule has 0 spiro atoms. The van der Waals surface area contributed by atoms with E-state index in [-0.39, 0.29) is 0 Å². The summed E-state index contributed by atoms with van der Waals surface area (Å²) in [4.78, 5) is 3.34. The second-order valence-electron chi connectivity index (χ2n) is 5.92. The Morgan fingerprint density at radius 1 is 1.09 bits per heavy atom. The molecular formula is C16H18BrN5S. The molecule has 2 aromatic heterocycles. The molecule has 0 N–H and O–H groups in total. The highest BCUT2D eigenvalue weighted by Crippen LogP contribution is 2.27. The zero-order valence-corrected chi connectivity index (χ0v) is 15.2. The van der Waals surface area contributed by atoms with Gasteiger partial charge < -0.3 is 0 Å². The number of aromatic nitrogens is 4. The number of halogens is 1. The minimum Gasteiger partial charge on any atom is -0.296 e. The summed E-state index contributed by atoms with van der Waals surface area (Å²) in [6.07, 6.45) is 5.25. The fourth-order valence-corrected chi connectivity index (χ4v) is 4.24. The van der Waals surface area contributed by atoms with Crippen LogP contribution in [0.5, 0.6) is 0 Å². The minimum absolute atomic E-state index is 0.836. The summed E-state index contributed by atoms with van der Waals surface area (Å²) in [5.41, 5.74) is 1.11. The SMILES string of the molecule is Brc1cccc(-c2nn3c(CN4CCCCCC4)nnc3s2)c1. The van der Waals surface area contributed by atoms with Crippen molar-refractivity contribution < 1.29 is 0 Å². The van der Waals surface area contributed by atoms with Crippen LogP contribution >= 0.6 is 27.3 Å². The number of likely N-dealkylation sites (tertiary alicyclic amines) is 1. The number of rotatable bonds is 3. The maximum atomic E-state index is 4.74. The second-order valence-corrected chi connectivity index (χ2v) is 7.79. The Kier molecular flexibility index (Phi) is 4.41. The third kappa shape index (κ3) is 3.32. The first-order valence-corrected chi connectivity index (χ1v) is 9.60. The van der Waals surface area contributed by atoms with Crippen LogP contribution in [0.25, 0.3) is 15.5 Å². The number of fused-ring (bicyclic) bond motifs is 1. The van der Waals surface area contributed by atoms with Crippen molar-refractivity contribution in [2.75, 3.05) is 13.1 Å². The highest BCUT2D eigenvalue weighted by atomic mass is 79.9. The van der Waals surface area contributed by atoms with E-state index in [4.69, 9.17) is 5.10 Å². The van der Waals surface area contributed by atoms with Gasteiger partial charge in [-0.2, -0.15) is 9.61 Å². The molecule has 0 atom stereocenters. The molecule has 0 aliphatic carbocycles. The van der Waals surface area contributed by atoms with Crippen LogP contribution < -0.4 is 0 Å². The van der Waals surface area contributed by atoms with Crippen molar-refractivity contribution >= 4 is 32.2 Å². The van der Waals surface area contributed by atoms with Gasteiger partial charge in [0.25, 0.3) is 0 Å². The van der Waals surface area contributed by atoms with Gasteiger partial charge in [-0.3, -0.25) is 4.90 Å². The Balaban J connectivity index is 1.61. The third-order valence-electron chi connectivity index (χ3n) is 4.19. The molecule has 0 radical (unpaired) electrons. The molecule has 1 aliphatic heterocycles. The van der Waals surface area contributed by atoms with Gasteiger partial charge in [0.1, 0.15) is 5.01 Å². The van der Waals surface area contributed by atoms with E-state index in [0.717, 1.165) is 45.5 Å². The van der Waals surface area contributed by atoms with Gasteiger partial charge in [-0.25, -0.2) is 0 Å².